The molecule has 0 bridgehead atoms. The molecule has 0 spiro atoms. The second kappa shape index (κ2) is 5.67. The monoisotopic (exact) mass is 309 g/mol. The number of rotatable bonds is 3. The fourth-order valence-corrected chi connectivity index (χ4v) is 2.53. The molecule has 0 fully saturated rings. The molecule has 0 saturated heterocycles. The van der Waals surface area contributed by atoms with Crippen molar-refractivity contribution in [1.82, 2.24) is 5.32 Å². The van der Waals surface area contributed by atoms with Gasteiger partial charge >= 0.3 is 0 Å². The van der Waals surface area contributed by atoms with Gasteiger partial charge in [-0.15, -0.1) is 0 Å². The summed E-state index contributed by atoms with van der Waals surface area (Å²) in [7, 11) is 1.94. The largest absolute Gasteiger partial charge is 0.316 e. The third-order valence-corrected chi connectivity index (χ3v) is 3.53. The maximum atomic E-state index is 6.04. The van der Waals surface area contributed by atoms with E-state index in [1.54, 1.807) is 0 Å². The Morgan fingerprint density at radius 3 is 2.59 bits per heavy atom. The molecule has 0 aliphatic carbocycles. The highest BCUT2D eigenvalue weighted by Crippen LogP contribution is 2.32. The molecule has 17 heavy (non-hydrogen) atoms. The summed E-state index contributed by atoms with van der Waals surface area (Å²) in [4.78, 5) is 0. The highest BCUT2D eigenvalue weighted by atomic mass is 79.9. The standard InChI is InChI=1S/C14H13BrClN/c1-17-9-10-8-11(16)6-7-12(10)13-4-2-3-5-14(13)15/h2-8,17H,9H2,1H3. The van der Waals surface area contributed by atoms with Crippen LogP contribution in [0, 0.1) is 0 Å². The number of benzene rings is 2. The van der Waals surface area contributed by atoms with Crippen LogP contribution in [0.4, 0.5) is 0 Å². The molecule has 0 saturated carbocycles. The Morgan fingerprint density at radius 1 is 1.12 bits per heavy atom. The van der Waals surface area contributed by atoms with Crippen molar-refractivity contribution in [3.8, 4) is 11.1 Å². The van der Waals surface area contributed by atoms with E-state index in [-0.39, 0.29) is 0 Å². The molecule has 0 radical (unpaired) electrons. The smallest absolute Gasteiger partial charge is 0.0409 e. The van der Waals surface area contributed by atoms with Gasteiger partial charge < -0.3 is 5.32 Å². The molecular formula is C14H13BrClN. The van der Waals surface area contributed by atoms with Crippen molar-refractivity contribution in [2.24, 2.45) is 0 Å². The summed E-state index contributed by atoms with van der Waals surface area (Å²) in [5.41, 5.74) is 3.59. The third-order valence-electron chi connectivity index (χ3n) is 2.60. The van der Waals surface area contributed by atoms with E-state index in [0.29, 0.717) is 0 Å². The fraction of sp³-hybridized carbons (Fsp3) is 0.143. The van der Waals surface area contributed by atoms with Crippen molar-refractivity contribution in [2.75, 3.05) is 7.05 Å². The SMILES string of the molecule is CNCc1cc(Cl)ccc1-c1ccccc1Br. The first-order chi connectivity index (χ1) is 8.22. The predicted octanol–water partition coefficient (Wildman–Crippen LogP) is 4.49. The van der Waals surface area contributed by atoms with Gasteiger partial charge in [0.2, 0.25) is 0 Å². The van der Waals surface area contributed by atoms with Gasteiger partial charge in [-0.1, -0.05) is 51.8 Å². The third kappa shape index (κ3) is 2.89. The fourth-order valence-electron chi connectivity index (χ4n) is 1.84. The zero-order valence-corrected chi connectivity index (χ0v) is 11.8. The van der Waals surface area contributed by atoms with Crippen molar-refractivity contribution in [3.63, 3.8) is 0 Å². The summed E-state index contributed by atoms with van der Waals surface area (Å²) >= 11 is 9.62. The summed E-state index contributed by atoms with van der Waals surface area (Å²) < 4.78 is 1.10. The molecule has 0 aliphatic rings. The second-order valence-electron chi connectivity index (χ2n) is 3.81. The number of hydrogen-bond acceptors (Lipinski definition) is 1. The minimum absolute atomic E-state index is 0.769. The van der Waals surface area contributed by atoms with E-state index >= 15 is 0 Å². The normalized spacial score (nSPS) is 10.5. The van der Waals surface area contributed by atoms with Gasteiger partial charge in [-0.3, -0.25) is 0 Å². The van der Waals surface area contributed by atoms with Crippen LogP contribution < -0.4 is 5.32 Å². The van der Waals surface area contributed by atoms with E-state index in [4.69, 9.17) is 11.6 Å². The van der Waals surface area contributed by atoms with Crippen LogP contribution in [0.3, 0.4) is 0 Å². The highest BCUT2D eigenvalue weighted by molar-refractivity contribution is 9.10. The quantitative estimate of drug-likeness (QED) is 0.881. The van der Waals surface area contributed by atoms with Gasteiger partial charge in [0.25, 0.3) is 0 Å². The molecular weight excluding hydrogens is 298 g/mol. The van der Waals surface area contributed by atoms with Gasteiger partial charge in [0.1, 0.15) is 0 Å². The lowest BCUT2D eigenvalue weighted by Crippen LogP contribution is -2.06. The van der Waals surface area contributed by atoms with Crippen LogP contribution in [-0.2, 0) is 6.54 Å². The Bertz CT molecular complexity index is 525. The first-order valence-corrected chi connectivity index (χ1v) is 6.57. The Kier molecular flexibility index (Phi) is 4.21. The summed E-state index contributed by atoms with van der Waals surface area (Å²) in [5, 5.41) is 3.94. The summed E-state index contributed by atoms with van der Waals surface area (Å²) in [6, 6.07) is 14.2. The average Bonchev–Trinajstić information content (AvgIpc) is 2.31. The zero-order valence-electron chi connectivity index (χ0n) is 9.50. The Morgan fingerprint density at radius 2 is 1.88 bits per heavy atom. The van der Waals surface area contributed by atoms with E-state index < -0.39 is 0 Å². The van der Waals surface area contributed by atoms with E-state index in [9.17, 15) is 0 Å². The first-order valence-electron chi connectivity index (χ1n) is 5.40. The molecule has 1 N–H and O–H groups in total. The van der Waals surface area contributed by atoms with Gasteiger partial charge in [0.05, 0.1) is 0 Å². The van der Waals surface area contributed by atoms with Crippen LogP contribution in [0.2, 0.25) is 5.02 Å². The zero-order chi connectivity index (χ0) is 12.3. The molecule has 0 amide bonds. The van der Waals surface area contributed by atoms with Gasteiger partial charge in [0, 0.05) is 16.0 Å². The van der Waals surface area contributed by atoms with Crippen molar-refractivity contribution >= 4 is 27.5 Å². The molecule has 0 aliphatic heterocycles. The first kappa shape index (κ1) is 12.6. The molecule has 88 valence electrons. The minimum atomic E-state index is 0.769. The molecule has 1 nitrogen and oxygen atoms in total. The van der Waals surface area contributed by atoms with Crippen LogP contribution in [0.5, 0.6) is 0 Å². The lowest BCUT2D eigenvalue weighted by atomic mass is 10.00. The minimum Gasteiger partial charge on any atom is -0.316 e. The Hall–Kier alpha value is -0.830. The summed E-state index contributed by atoms with van der Waals surface area (Å²) in [5.74, 6) is 0. The maximum absolute atomic E-state index is 6.04. The van der Waals surface area contributed by atoms with Gasteiger partial charge in [-0.05, 0) is 41.9 Å². The maximum Gasteiger partial charge on any atom is 0.0409 e. The average molecular weight is 311 g/mol. The number of hydrogen-bond donors (Lipinski definition) is 1. The van der Waals surface area contributed by atoms with E-state index in [2.05, 4.69) is 33.4 Å². The van der Waals surface area contributed by atoms with Gasteiger partial charge in [-0.25, -0.2) is 0 Å². The molecule has 0 atom stereocenters. The number of nitrogens with one attached hydrogen (secondary N) is 1. The van der Waals surface area contributed by atoms with Crippen LogP contribution >= 0.6 is 27.5 Å². The van der Waals surface area contributed by atoms with Crippen LogP contribution in [0.25, 0.3) is 11.1 Å². The Balaban J connectivity index is 2.55. The van der Waals surface area contributed by atoms with Gasteiger partial charge in [0.15, 0.2) is 0 Å². The molecule has 0 heterocycles. The van der Waals surface area contributed by atoms with Crippen molar-refractivity contribution in [3.05, 3.63) is 57.5 Å². The van der Waals surface area contributed by atoms with Crippen molar-refractivity contribution < 1.29 is 0 Å². The second-order valence-corrected chi connectivity index (χ2v) is 5.10. The molecule has 0 aromatic heterocycles. The molecule has 2 aromatic rings. The summed E-state index contributed by atoms with van der Waals surface area (Å²) in [6.45, 7) is 0.803. The van der Waals surface area contributed by atoms with Crippen molar-refractivity contribution in [2.45, 2.75) is 6.54 Å². The topological polar surface area (TPSA) is 12.0 Å². The van der Waals surface area contributed by atoms with E-state index in [1.165, 1.54) is 16.7 Å². The molecule has 0 unspecified atom stereocenters. The number of halogens is 2. The highest BCUT2D eigenvalue weighted by Gasteiger charge is 2.08. The summed E-state index contributed by atoms with van der Waals surface area (Å²) in [6.07, 6.45) is 0. The van der Waals surface area contributed by atoms with E-state index in [0.717, 1.165) is 16.0 Å². The predicted molar refractivity (Wildman–Crippen MR) is 77.4 cm³/mol. The Labute approximate surface area is 115 Å². The molecule has 3 heteroatoms. The van der Waals surface area contributed by atoms with Crippen LogP contribution in [0.1, 0.15) is 5.56 Å². The van der Waals surface area contributed by atoms with Crippen LogP contribution in [-0.4, -0.2) is 7.05 Å². The van der Waals surface area contributed by atoms with Crippen LogP contribution in [0.15, 0.2) is 46.9 Å². The molecule has 2 rings (SSSR count). The lowest BCUT2D eigenvalue weighted by Gasteiger charge is -2.11. The van der Waals surface area contributed by atoms with E-state index in [1.807, 2.05) is 37.4 Å². The molecule has 2 aromatic carbocycles. The van der Waals surface area contributed by atoms with Gasteiger partial charge in [-0.2, -0.15) is 0 Å². The lowest BCUT2D eigenvalue weighted by molar-refractivity contribution is 0.819. The van der Waals surface area contributed by atoms with Crippen molar-refractivity contribution in [1.29, 1.82) is 0 Å².